The first-order chi connectivity index (χ1) is 7.36. The molecule has 0 amide bonds. The maximum Gasteiger partial charge on any atom is 0.390 e. The Bertz CT molecular complexity index is 208. The van der Waals surface area contributed by atoms with Crippen LogP contribution in [-0.4, -0.2) is 32.4 Å². The second-order valence-electron chi connectivity index (χ2n) is 4.99. The van der Waals surface area contributed by atoms with E-state index in [9.17, 15) is 13.2 Å². The van der Waals surface area contributed by atoms with Gasteiger partial charge in [-0.05, 0) is 24.3 Å². The Hall–Kier alpha value is -0.290. The van der Waals surface area contributed by atoms with Gasteiger partial charge in [0.2, 0.25) is 0 Å². The fourth-order valence-corrected chi connectivity index (χ4v) is 2.18. The van der Waals surface area contributed by atoms with Gasteiger partial charge in [0, 0.05) is 19.6 Å². The zero-order valence-corrected chi connectivity index (χ0v) is 9.95. The van der Waals surface area contributed by atoms with E-state index in [-0.39, 0.29) is 12.0 Å². The predicted octanol–water partition coefficient (Wildman–Crippen LogP) is 2.16. The predicted molar refractivity (Wildman–Crippen MR) is 58.3 cm³/mol. The number of hydrogen-bond acceptors (Lipinski definition) is 2. The molecule has 16 heavy (non-hydrogen) atoms. The molecule has 0 radical (unpaired) electrons. The molecule has 96 valence electrons. The zero-order chi connectivity index (χ0) is 12.2. The van der Waals surface area contributed by atoms with Crippen molar-refractivity contribution in [2.45, 2.75) is 32.9 Å². The van der Waals surface area contributed by atoms with Gasteiger partial charge in [0.25, 0.3) is 0 Å². The van der Waals surface area contributed by atoms with Gasteiger partial charge in [-0.2, -0.15) is 13.2 Å². The number of alkyl halides is 3. The highest BCUT2D eigenvalue weighted by Crippen LogP contribution is 2.33. The quantitative estimate of drug-likeness (QED) is 0.717. The molecule has 0 saturated carbocycles. The second-order valence-corrected chi connectivity index (χ2v) is 4.99. The Labute approximate surface area is 95.0 Å². The van der Waals surface area contributed by atoms with E-state index in [2.05, 4.69) is 24.5 Å². The topological polar surface area (TPSA) is 24.1 Å². The van der Waals surface area contributed by atoms with Crippen LogP contribution < -0.4 is 10.6 Å². The van der Waals surface area contributed by atoms with Crippen molar-refractivity contribution in [1.82, 2.24) is 10.6 Å². The number of halogens is 3. The van der Waals surface area contributed by atoms with Gasteiger partial charge in [-0.25, -0.2) is 0 Å². The Morgan fingerprint density at radius 2 is 2.06 bits per heavy atom. The molecule has 0 aliphatic carbocycles. The summed E-state index contributed by atoms with van der Waals surface area (Å²) in [6.07, 6.45) is -3.75. The van der Waals surface area contributed by atoms with E-state index in [0.29, 0.717) is 12.5 Å². The Balaban J connectivity index is 2.29. The van der Waals surface area contributed by atoms with E-state index in [1.165, 1.54) is 0 Å². The molecule has 1 aliphatic rings. The van der Waals surface area contributed by atoms with Crippen LogP contribution in [0.1, 0.15) is 26.7 Å². The van der Waals surface area contributed by atoms with E-state index < -0.39 is 12.6 Å². The van der Waals surface area contributed by atoms with Gasteiger partial charge in [0.05, 0.1) is 6.42 Å². The molecule has 1 rings (SSSR count). The summed E-state index contributed by atoms with van der Waals surface area (Å²) >= 11 is 0. The van der Waals surface area contributed by atoms with Gasteiger partial charge >= 0.3 is 6.18 Å². The number of hydrogen-bond donors (Lipinski definition) is 2. The van der Waals surface area contributed by atoms with Crippen molar-refractivity contribution in [3.05, 3.63) is 0 Å². The largest absolute Gasteiger partial charge is 0.390 e. The molecule has 5 heteroatoms. The summed E-state index contributed by atoms with van der Waals surface area (Å²) in [5, 5.41) is 6.24. The second kappa shape index (κ2) is 5.36. The van der Waals surface area contributed by atoms with Crippen molar-refractivity contribution in [3.8, 4) is 0 Å². The van der Waals surface area contributed by atoms with Crippen molar-refractivity contribution in [2.75, 3.05) is 26.2 Å². The van der Waals surface area contributed by atoms with Crippen molar-refractivity contribution in [1.29, 1.82) is 0 Å². The standard InChI is InChI=1S/C11H21F3N2/c1-9(2)10(3-5-15-7-10)8-16-6-4-11(12,13)14/h9,15-16H,3-8H2,1-2H3. The number of nitrogens with one attached hydrogen (secondary N) is 2. The minimum atomic E-state index is -4.05. The fourth-order valence-electron chi connectivity index (χ4n) is 2.18. The average molecular weight is 238 g/mol. The van der Waals surface area contributed by atoms with Gasteiger partial charge < -0.3 is 10.6 Å². The molecule has 0 spiro atoms. The van der Waals surface area contributed by atoms with E-state index in [0.717, 1.165) is 19.5 Å². The van der Waals surface area contributed by atoms with Crippen LogP contribution >= 0.6 is 0 Å². The van der Waals surface area contributed by atoms with Gasteiger partial charge in [0.15, 0.2) is 0 Å². The lowest BCUT2D eigenvalue weighted by atomic mass is 9.76. The molecular weight excluding hydrogens is 217 g/mol. The van der Waals surface area contributed by atoms with Crippen LogP contribution in [0, 0.1) is 11.3 Å². The van der Waals surface area contributed by atoms with E-state index in [1.807, 2.05) is 0 Å². The highest BCUT2D eigenvalue weighted by atomic mass is 19.4. The first-order valence-electron chi connectivity index (χ1n) is 5.84. The van der Waals surface area contributed by atoms with Crippen molar-refractivity contribution in [2.24, 2.45) is 11.3 Å². The van der Waals surface area contributed by atoms with Gasteiger partial charge in [-0.1, -0.05) is 13.8 Å². The Kier molecular flexibility index (Phi) is 4.62. The van der Waals surface area contributed by atoms with E-state index >= 15 is 0 Å². The third-order valence-corrected chi connectivity index (χ3v) is 3.56. The zero-order valence-electron chi connectivity index (χ0n) is 9.95. The molecule has 0 bridgehead atoms. The van der Waals surface area contributed by atoms with Gasteiger partial charge in [0.1, 0.15) is 0 Å². The lowest BCUT2D eigenvalue weighted by Crippen LogP contribution is -2.41. The van der Waals surface area contributed by atoms with Crippen LogP contribution in [0.25, 0.3) is 0 Å². The average Bonchev–Trinajstić information content (AvgIpc) is 2.60. The van der Waals surface area contributed by atoms with Crippen LogP contribution in [-0.2, 0) is 0 Å². The summed E-state index contributed by atoms with van der Waals surface area (Å²) in [5.74, 6) is 0.487. The van der Waals surface area contributed by atoms with Crippen molar-refractivity contribution < 1.29 is 13.2 Å². The Morgan fingerprint density at radius 3 is 2.50 bits per heavy atom. The third-order valence-electron chi connectivity index (χ3n) is 3.56. The molecule has 0 aromatic carbocycles. The van der Waals surface area contributed by atoms with Crippen molar-refractivity contribution >= 4 is 0 Å². The Morgan fingerprint density at radius 1 is 1.38 bits per heavy atom. The monoisotopic (exact) mass is 238 g/mol. The lowest BCUT2D eigenvalue weighted by molar-refractivity contribution is -0.133. The van der Waals surface area contributed by atoms with E-state index in [1.54, 1.807) is 0 Å². The SMILES string of the molecule is CC(C)C1(CNCCC(F)(F)F)CCNC1. The van der Waals surface area contributed by atoms with Crippen LogP contribution in [0.15, 0.2) is 0 Å². The molecule has 1 aliphatic heterocycles. The molecule has 0 aromatic rings. The highest BCUT2D eigenvalue weighted by Gasteiger charge is 2.36. The molecule has 1 fully saturated rings. The molecule has 1 heterocycles. The maximum absolute atomic E-state index is 12.0. The van der Waals surface area contributed by atoms with Gasteiger partial charge in [-0.15, -0.1) is 0 Å². The third kappa shape index (κ3) is 3.94. The molecule has 1 saturated heterocycles. The summed E-state index contributed by atoms with van der Waals surface area (Å²) in [7, 11) is 0. The molecule has 1 atom stereocenters. The van der Waals surface area contributed by atoms with Crippen molar-refractivity contribution in [3.63, 3.8) is 0 Å². The maximum atomic E-state index is 12.0. The summed E-state index contributed by atoms with van der Waals surface area (Å²) in [6.45, 7) is 6.85. The van der Waals surface area contributed by atoms with Crippen LogP contribution in [0.2, 0.25) is 0 Å². The van der Waals surface area contributed by atoms with Gasteiger partial charge in [-0.3, -0.25) is 0 Å². The summed E-state index contributed by atoms with van der Waals surface area (Å²) in [6, 6.07) is 0. The minimum absolute atomic E-state index is 0.0258. The smallest absolute Gasteiger partial charge is 0.316 e. The molecule has 2 nitrogen and oxygen atoms in total. The van der Waals surface area contributed by atoms with E-state index in [4.69, 9.17) is 0 Å². The minimum Gasteiger partial charge on any atom is -0.316 e. The van der Waals surface area contributed by atoms with Crippen LogP contribution in [0.4, 0.5) is 13.2 Å². The first-order valence-corrected chi connectivity index (χ1v) is 5.84. The fraction of sp³-hybridized carbons (Fsp3) is 1.00. The molecule has 2 N–H and O–H groups in total. The molecule has 1 unspecified atom stereocenters. The normalized spacial score (nSPS) is 26.6. The summed E-state index contributed by atoms with van der Waals surface area (Å²) in [5.41, 5.74) is 0.131. The summed E-state index contributed by atoms with van der Waals surface area (Å²) in [4.78, 5) is 0. The lowest BCUT2D eigenvalue weighted by Gasteiger charge is -2.33. The summed E-state index contributed by atoms with van der Waals surface area (Å²) < 4.78 is 35.9. The highest BCUT2D eigenvalue weighted by molar-refractivity contribution is 4.91. The molecule has 0 aromatic heterocycles. The van der Waals surface area contributed by atoms with Crippen LogP contribution in [0.3, 0.4) is 0 Å². The van der Waals surface area contributed by atoms with Crippen LogP contribution in [0.5, 0.6) is 0 Å². The molecular formula is C11H21F3N2. The number of rotatable bonds is 5. The first kappa shape index (κ1) is 13.8.